The number of likely N-dealkylation sites (N-methyl/N-ethyl adjacent to an activating group) is 2. The first-order valence-electron chi connectivity index (χ1n) is 5.83. The van der Waals surface area contributed by atoms with E-state index in [-0.39, 0.29) is 24.1 Å². The number of alkyl halides is 3. The zero-order valence-electron chi connectivity index (χ0n) is 11.1. The monoisotopic (exact) mass is 291 g/mol. The highest BCUT2D eigenvalue weighted by Crippen LogP contribution is 2.32. The fourth-order valence-electron chi connectivity index (χ4n) is 1.52. The van der Waals surface area contributed by atoms with Crippen molar-refractivity contribution in [2.24, 2.45) is 5.84 Å². The second-order valence-electron chi connectivity index (χ2n) is 3.93. The molecule has 0 atom stereocenters. The van der Waals surface area contributed by atoms with Crippen LogP contribution >= 0.6 is 0 Å². The smallest absolute Gasteiger partial charge is 0.358 e. The van der Waals surface area contributed by atoms with Crippen molar-refractivity contribution in [3.05, 3.63) is 17.7 Å². The number of rotatable bonds is 5. The Morgan fingerprint density at radius 2 is 2.10 bits per heavy atom. The number of halogens is 3. The van der Waals surface area contributed by atoms with Crippen LogP contribution in [0, 0.1) is 0 Å². The maximum Gasteiger partial charge on any atom is 0.416 e. The number of hydrogen-bond donors (Lipinski definition) is 3. The summed E-state index contributed by atoms with van der Waals surface area (Å²) in [6.45, 7) is 1.94. The number of carbonyl (C=O) groups is 1. The molecule has 0 aliphatic heterocycles. The molecule has 1 rings (SSSR count). The van der Waals surface area contributed by atoms with Crippen molar-refractivity contribution in [1.29, 1.82) is 0 Å². The van der Waals surface area contributed by atoms with Crippen LogP contribution in [0.3, 0.4) is 0 Å². The van der Waals surface area contributed by atoms with E-state index in [1.165, 1.54) is 11.9 Å². The second-order valence-corrected chi connectivity index (χ2v) is 3.93. The number of anilines is 2. The average molecular weight is 291 g/mol. The molecule has 0 unspecified atom stereocenters. The SMILES string of the molecule is CCN(CC(=O)NC)c1cc(C(F)(F)F)cc(NN)n1. The molecule has 0 radical (unpaired) electrons. The molecule has 0 aliphatic rings. The van der Waals surface area contributed by atoms with Gasteiger partial charge in [-0.15, -0.1) is 0 Å². The number of aromatic nitrogens is 1. The third-order valence-corrected chi connectivity index (χ3v) is 2.61. The largest absolute Gasteiger partial charge is 0.416 e. The molecule has 6 nitrogen and oxygen atoms in total. The summed E-state index contributed by atoms with van der Waals surface area (Å²) in [6.07, 6.45) is -4.52. The Morgan fingerprint density at radius 1 is 1.45 bits per heavy atom. The van der Waals surface area contributed by atoms with Gasteiger partial charge in [-0.3, -0.25) is 4.79 Å². The minimum absolute atomic E-state index is 0.0267. The van der Waals surface area contributed by atoms with Gasteiger partial charge in [0, 0.05) is 13.6 Å². The van der Waals surface area contributed by atoms with Crippen molar-refractivity contribution in [2.45, 2.75) is 13.1 Å². The van der Waals surface area contributed by atoms with E-state index in [9.17, 15) is 18.0 Å². The third-order valence-electron chi connectivity index (χ3n) is 2.61. The molecule has 1 aromatic heterocycles. The molecule has 0 bridgehead atoms. The van der Waals surface area contributed by atoms with Crippen LogP contribution in [0.1, 0.15) is 12.5 Å². The molecule has 0 spiro atoms. The van der Waals surface area contributed by atoms with Gasteiger partial charge in [0.25, 0.3) is 0 Å². The predicted molar refractivity (Wildman–Crippen MR) is 69.0 cm³/mol. The molecular formula is C11H16F3N5O. The lowest BCUT2D eigenvalue weighted by Crippen LogP contribution is -2.36. The summed E-state index contributed by atoms with van der Waals surface area (Å²) in [5.74, 6) is 4.70. The van der Waals surface area contributed by atoms with Gasteiger partial charge >= 0.3 is 6.18 Å². The highest BCUT2D eigenvalue weighted by atomic mass is 19.4. The summed E-state index contributed by atoms with van der Waals surface area (Å²) >= 11 is 0. The minimum atomic E-state index is -4.52. The standard InChI is InChI=1S/C11H16F3N5O/c1-3-19(6-10(20)16-2)9-5-7(11(12,13)14)4-8(17-9)18-15/h4-5H,3,6,15H2,1-2H3,(H,16,20)(H,17,18). The summed E-state index contributed by atoms with van der Waals surface area (Å²) in [5, 5.41) is 2.40. The Kier molecular flexibility index (Phi) is 5.14. The van der Waals surface area contributed by atoms with Gasteiger partial charge in [0.15, 0.2) is 0 Å². The van der Waals surface area contributed by atoms with E-state index in [1.54, 1.807) is 6.92 Å². The lowest BCUT2D eigenvalue weighted by molar-refractivity contribution is -0.137. The van der Waals surface area contributed by atoms with Crippen LogP contribution in [0.25, 0.3) is 0 Å². The molecular weight excluding hydrogens is 275 g/mol. The van der Waals surface area contributed by atoms with Gasteiger partial charge in [-0.05, 0) is 19.1 Å². The van der Waals surface area contributed by atoms with Crippen molar-refractivity contribution in [1.82, 2.24) is 10.3 Å². The van der Waals surface area contributed by atoms with Crippen LogP contribution in [0.5, 0.6) is 0 Å². The molecule has 0 saturated carbocycles. The van der Waals surface area contributed by atoms with E-state index in [0.29, 0.717) is 6.54 Å². The highest BCUT2D eigenvalue weighted by Gasteiger charge is 2.32. The Labute approximate surface area is 114 Å². The van der Waals surface area contributed by atoms with Gasteiger partial charge < -0.3 is 15.6 Å². The highest BCUT2D eigenvalue weighted by molar-refractivity contribution is 5.80. The summed E-state index contributed by atoms with van der Waals surface area (Å²) in [5.41, 5.74) is 1.20. The Morgan fingerprint density at radius 3 is 2.55 bits per heavy atom. The number of nitrogens with one attached hydrogen (secondary N) is 2. The van der Waals surface area contributed by atoms with Gasteiger partial charge in [-0.1, -0.05) is 0 Å². The average Bonchev–Trinajstić information content (AvgIpc) is 2.42. The van der Waals surface area contributed by atoms with Crippen LogP contribution in [0.4, 0.5) is 24.8 Å². The van der Waals surface area contributed by atoms with Crippen LogP contribution in [-0.2, 0) is 11.0 Å². The molecule has 112 valence electrons. The number of amides is 1. The third kappa shape index (κ3) is 3.98. The molecule has 20 heavy (non-hydrogen) atoms. The normalized spacial score (nSPS) is 11.1. The molecule has 0 saturated heterocycles. The number of nitrogens with two attached hydrogens (primary N) is 1. The van der Waals surface area contributed by atoms with E-state index in [2.05, 4.69) is 15.7 Å². The number of hydrazine groups is 1. The van der Waals surface area contributed by atoms with E-state index < -0.39 is 11.7 Å². The Hall–Kier alpha value is -2.03. The summed E-state index contributed by atoms with van der Waals surface area (Å²) in [6, 6.07) is 1.69. The predicted octanol–water partition coefficient (Wildman–Crippen LogP) is 0.958. The van der Waals surface area contributed by atoms with Gasteiger partial charge in [-0.25, -0.2) is 10.8 Å². The van der Waals surface area contributed by atoms with Crippen molar-refractivity contribution in [2.75, 3.05) is 30.5 Å². The molecule has 4 N–H and O–H groups in total. The molecule has 0 fully saturated rings. The Bertz CT molecular complexity index is 478. The van der Waals surface area contributed by atoms with Crippen LogP contribution in [-0.4, -0.2) is 31.0 Å². The van der Waals surface area contributed by atoms with Crippen molar-refractivity contribution in [3.8, 4) is 0 Å². The zero-order valence-corrected chi connectivity index (χ0v) is 11.1. The summed E-state index contributed by atoms with van der Waals surface area (Å²) < 4.78 is 38.4. The maximum atomic E-state index is 12.8. The quantitative estimate of drug-likeness (QED) is 0.556. The van der Waals surface area contributed by atoms with Crippen molar-refractivity contribution < 1.29 is 18.0 Å². The lowest BCUT2D eigenvalue weighted by Gasteiger charge is -2.22. The van der Waals surface area contributed by atoms with E-state index in [0.717, 1.165) is 12.1 Å². The first-order chi connectivity index (χ1) is 9.31. The fourth-order valence-corrected chi connectivity index (χ4v) is 1.52. The molecule has 1 amide bonds. The van der Waals surface area contributed by atoms with Crippen LogP contribution in [0.2, 0.25) is 0 Å². The van der Waals surface area contributed by atoms with E-state index >= 15 is 0 Å². The number of hydrogen-bond acceptors (Lipinski definition) is 5. The van der Waals surface area contributed by atoms with Crippen LogP contribution in [0.15, 0.2) is 12.1 Å². The van der Waals surface area contributed by atoms with Gasteiger partial charge in [-0.2, -0.15) is 13.2 Å². The fraction of sp³-hybridized carbons (Fsp3) is 0.455. The Balaban J connectivity index is 3.17. The zero-order chi connectivity index (χ0) is 15.3. The summed E-state index contributed by atoms with van der Waals surface area (Å²) in [4.78, 5) is 16.7. The lowest BCUT2D eigenvalue weighted by atomic mass is 10.2. The van der Waals surface area contributed by atoms with Crippen LogP contribution < -0.4 is 21.5 Å². The molecule has 1 aromatic rings. The van der Waals surface area contributed by atoms with Gasteiger partial charge in [0.2, 0.25) is 5.91 Å². The van der Waals surface area contributed by atoms with E-state index in [4.69, 9.17) is 5.84 Å². The van der Waals surface area contributed by atoms with E-state index in [1.807, 2.05) is 0 Å². The first kappa shape index (κ1) is 16.0. The number of nitrogens with zero attached hydrogens (tertiary/aromatic N) is 2. The molecule has 0 aromatic carbocycles. The number of carbonyl (C=O) groups excluding carboxylic acids is 1. The topological polar surface area (TPSA) is 83.3 Å². The number of nitrogen functional groups attached to an aromatic ring is 1. The maximum absolute atomic E-state index is 12.8. The molecule has 0 aliphatic carbocycles. The number of pyridine rings is 1. The minimum Gasteiger partial charge on any atom is -0.358 e. The van der Waals surface area contributed by atoms with Crippen molar-refractivity contribution in [3.63, 3.8) is 0 Å². The molecule has 1 heterocycles. The van der Waals surface area contributed by atoms with Crippen molar-refractivity contribution >= 4 is 17.5 Å². The molecule has 9 heteroatoms. The second kappa shape index (κ2) is 6.42. The van der Waals surface area contributed by atoms with Gasteiger partial charge in [0.1, 0.15) is 11.6 Å². The van der Waals surface area contributed by atoms with Gasteiger partial charge in [0.05, 0.1) is 12.1 Å². The first-order valence-corrected chi connectivity index (χ1v) is 5.83. The summed E-state index contributed by atoms with van der Waals surface area (Å²) in [7, 11) is 1.45.